The molecule has 0 aliphatic carbocycles. The molecule has 1 fully saturated rings. The highest BCUT2D eigenvalue weighted by molar-refractivity contribution is 5.64. The van der Waals surface area contributed by atoms with Crippen LogP contribution in [0.5, 0.6) is 11.5 Å². The molecular formula is C26H30N2O2. The summed E-state index contributed by atoms with van der Waals surface area (Å²) >= 11 is 0. The predicted molar refractivity (Wildman–Crippen MR) is 123 cm³/mol. The van der Waals surface area contributed by atoms with Crippen LogP contribution in [-0.4, -0.2) is 38.3 Å². The van der Waals surface area contributed by atoms with E-state index in [0.29, 0.717) is 0 Å². The first kappa shape index (κ1) is 20.3. The van der Waals surface area contributed by atoms with Gasteiger partial charge < -0.3 is 14.4 Å². The van der Waals surface area contributed by atoms with Crippen molar-refractivity contribution in [2.24, 2.45) is 0 Å². The van der Waals surface area contributed by atoms with Gasteiger partial charge >= 0.3 is 0 Å². The van der Waals surface area contributed by atoms with E-state index in [-0.39, 0.29) is 0 Å². The highest BCUT2D eigenvalue weighted by Gasteiger charge is 2.12. The van der Waals surface area contributed by atoms with E-state index in [0.717, 1.165) is 42.6 Å². The second-order valence-electron chi connectivity index (χ2n) is 7.66. The number of hydrogen-bond acceptors (Lipinski definition) is 4. The van der Waals surface area contributed by atoms with Crippen LogP contribution in [0.3, 0.4) is 0 Å². The van der Waals surface area contributed by atoms with Crippen LogP contribution in [0, 0.1) is 0 Å². The number of rotatable bonds is 9. The van der Waals surface area contributed by atoms with E-state index in [9.17, 15) is 0 Å². The maximum Gasteiger partial charge on any atom is 0.119 e. The summed E-state index contributed by atoms with van der Waals surface area (Å²) in [5.74, 6) is 1.78. The largest absolute Gasteiger partial charge is 0.497 e. The van der Waals surface area contributed by atoms with Crippen molar-refractivity contribution < 1.29 is 9.47 Å². The average molecular weight is 403 g/mol. The Hall–Kier alpha value is -2.98. The minimum absolute atomic E-state index is 0.742. The average Bonchev–Trinajstić information content (AvgIpc) is 3.32. The standard InChI is InChI=1S/C26H30N2O2/c1-29-25-13-9-23(10-14-25)28(21-22-7-3-2-4-8-22)24-11-15-26(16-12-24)30-20-19-27-17-5-6-18-27/h2-4,7-16H,5-6,17-21H2,1H3. The van der Waals surface area contributed by atoms with E-state index in [4.69, 9.17) is 9.47 Å². The molecule has 3 aromatic carbocycles. The zero-order valence-corrected chi connectivity index (χ0v) is 17.7. The number of methoxy groups -OCH3 is 1. The number of benzene rings is 3. The summed E-state index contributed by atoms with van der Waals surface area (Å²) in [6.07, 6.45) is 2.63. The first-order valence-electron chi connectivity index (χ1n) is 10.7. The minimum Gasteiger partial charge on any atom is -0.497 e. The van der Waals surface area contributed by atoms with Gasteiger partial charge in [-0.25, -0.2) is 0 Å². The Morgan fingerprint density at radius 2 is 1.37 bits per heavy atom. The lowest BCUT2D eigenvalue weighted by atomic mass is 10.1. The number of ether oxygens (including phenoxy) is 2. The van der Waals surface area contributed by atoms with Crippen molar-refractivity contribution in [2.45, 2.75) is 19.4 Å². The van der Waals surface area contributed by atoms with Gasteiger partial charge in [0.1, 0.15) is 18.1 Å². The van der Waals surface area contributed by atoms with Gasteiger partial charge in [-0.15, -0.1) is 0 Å². The smallest absolute Gasteiger partial charge is 0.119 e. The molecule has 4 nitrogen and oxygen atoms in total. The van der Waals surface area contributed by atoms with Gasteiger partial charge in [0.2, 0.25) is 0 Å². The molecule has 0 unspecified atom stereocenters. The zero-order valence-electron chi connectivity index (χ0n) is 17.7. The van der Waals surface area contributed by atoms with Gasteiger partial charge in [0, 0.05) is 24.5 Å². The van der Waals surface area contributed by atoms with Crippen LogP contribution in [0.4, 0.5) is 11.4 Å². The number of likely N-dealkylation sites (tertiary alicyclic amines) is 1. The van der Waals surface area contributed by atoms with Crippen molar-refractivity contribution in [2.75, 3.05) is 38.3 Å². The summed E-state index contributed by atoms with van der Waals surface area (Å²) in [6.45, 7) is 4.96. The van der Waals surface area contributed by atoms with Gasteiger partial charge in [-0.3, -0.25) is 4.90 Å². The van der Waals surface area contributed by atoms with Crippen molar-refractivity contribution in [1.29, 1.82) is 0 Å². The number of hydrogen-bond donors (Lipinski definition) is 0. The predicted octanol–water partition coefficient (Wildman–Crippen LogP) is 5.51. The molecule has 1 aliphatic rings. The maximum atomic E-state index is 5.98. The summed E-state index contributed by atoms with van der Waals surface area (Å²) in [6, 6.07) is 27.2. The fourth-order valence-corrected chi connectivity index (χ4v) is 3.88. The van der Waals surface area contributed by atoms with E-state index in [1.807, 2.05) is 12.1 Å². The molecule has 4 rings (SSSR count). The van der Waals surface area contributed by atoms with Crippen LogP contribution in [0.2, 0.25) is 0 Å². The van der Waals surface area contributed by atoms with Crippen LogP contribution in [-0.2, 0) is 6.54 Å². The molecule has 1 heterocycles. The van der Waals surface area contributed by atoms with Gasteiger partial charge in [-0.05, 0) is 80.0 Å². The van der Waals surface area contributed by atoms with E-state index in [1.165, 1.54) is 31.5 Å². The topological polar surface area (TPSA) is 24.9 Å². The monoisotopic (exact) mass is 402 g/mol. The maximum absolute atomic E-state index is 5.98. The van der Waals surface area contributed by atoms with Crippen LogP contribution in [0.1, 0.15) is 18.4 Å². The van der Waals surface area contributed by atoms with Crippen LogP contribution in [0.15, 0.2) is 78.9 Å². The summed E-state index contributed by atoms with van der Waals surface area (Å²) in [5, 5.41) is 0. The van der Waals surface area contributed by atoms with Crippen molar-refractivity contribution in [3.63, 3.8) is 0 Å². The summed E-state index contributed by atoms with van der Waals surface area (Å²) in [7, 11) is 1.69. The van der Waals surface area contributed by atoms with Crippen molar-refractivity contribution in [3.8, 4) is 11.5 Å². The van der Waals surface area contributed by atoms with Crippen LogP contribution >= 0.6 is 0 Å². The van der Waals surface area contributed by atoms with E-state index < -0.39 is 0 Å². The Labute approximate surface area is 179 Å². The molecule has 30 heavy (non-hydrogen) atoms. The first-order valence-corrected chi connectivity index (χ1v) is 10.7. The van der Waals surface area contributed by atoms with Crippen LogP contribution < -0.4 is 14.4 Å². The third-order valence-electron chi connectivity index (χ3n) is 5.59. The normalized spacial score (nSPS) is 13.9. The molecule has 0 radical (unpaired) electrons. The molecule has 0 aromatic heterocycles. The molecule has 0 atom stereocenters. The highest BCUT2D eigenvalue weighted by Crippen LogP contribution is 2.30. The lowest BCUT2D eigenvalue weighted by Gasteiger charge is -2.26. The van der Waals surface area contributed by atoms with Gasteiger partial charge in [-0.2, -0.15) is 0 Å². The number of nitrogens with zero attached hydrogens (tertiary/aromatic N) is 2. The first-order chi connectivity index (χ1) is 14.8. The lowest BCUT2D eigenvalue weighted by Crippen LogP contribution is -2.25. The molecule has 1 aliphatic heterocycles. The third-order valence-corrected chi connectivity index (χ3v) is 5.59. The summed E-state index contributed by atoms with van der Waals surface area (Å²) < 4.78 is 11.3. The molecule has 4 heteroatoms. The molecule has 0 saturated carbocycles. The van der Waals surface area contributed by atoms with E-state index in [2.05, 4.69) is 76.5 Å². The zero-order chi connectivity index (χ0) is 20.6. The van der Waals surface area contributed by atoms with Crippen LogP contribution in [0.25, 0.3) is 0 Å². The molecule has 156 valence electrons. The van der Waals surface area contributed by atoms with E-state index in [1.54, 1.807) is 7.11 Å². The molecular weight excluding hydrogens is 372 g/mol. The molecule has 1 saturated heterocycles. The Kier molecular flexibility index (Phi) is 6.88. The summed E-state index contributed by atoms with van der Waals surface area (Å²) in [4.78, 5) is 4.78. The molecule has 3 aromatic rings. The third kappa shape index (κ3) is 5.33. The SMILES string of the molecule is COc1ccc(N(Cc2ccccc2)c2ccc(OCCN3CCCC3)cc2)cc1. The Balaban J connectivity index is 1.47. The Bertz CT molecular complexity index is 889. The fourth-order valence-electron chi connectivity index (χ4n) is 3.88. The quantitative estimate of drug-likeness (QED) is 0.471. The fraction of sp³-hybridized carbons (Fsp3) is 0.308. The lowest BCUT2D eigenvalue weighted by molar-refractivity contribution is 0.238. The van der Waals surface area contributed by atoms with Crippen molar-refractivity contribution in [3.05, 3.63) is 84.4 Å². The molecule has 0 bridgehead atoms. The van der Waals surface area contributed by atoms with Gasteiger partial charge in [0.15, 0.2) is 0 Å². The number of anilines is 2. The Morgan fingerprint density at radius 3 is 1.97 bits per heavy atom. The van der Waals surface area contributed by atoms with Crippen molar-refractivity contribution >= 4 is 11.4 Å². The van der Waals surface area contributed by atoms with Gasteiger partial charge in [-0.1, -0.05) is 30.3 Å². The van der Waals surface area contributed by atoms with Crippen molar-refractivity contribution in [1.82, 2.24) is 4.90 Å². The minimum atomic E-state index is 0.742. The summed E-state index contributed by atoms with van der Waals surface area (Å²) in [5.41, 5.74) is 3.53. The second kappa shape index (κ2) is 10.2. The molecule has 0 spiro atoms. The second-order valence-corrected chi connectivity index (χ2v) is 7.66. The highest BCUT2D eigenvalue weighted by atomic mass is 16.5. The van der Waals surface area contributed by atoms with Gasteiger partial charge in [0.25, 0.3) is 0 Å². The Morgan fingerprint density at radius 1 is 0.767 bits per heavy atom. The molecule has 0 N–H and O–H groups in total. The van der Waals surface area contributed by atoms with E-state index >= 15 is 0 Å². The molecule has 0 amide bonds. The van der Waals surface area contributed by atoms with Gasteiger partial charge in [0.05, 0.1) is 7.11 Å².